The molecule has 1 saturated carbocycles. The van der Waals surface area contributed by atoms with E-state index >= 15 is 0 Å². The van der Waals surface area contributed by atoms with Gasteiger partial charge in [0.15, 0.2) is 0 Å². The SMILES string of the molecule is CC(C)CC(C(=O)c1nnc(SC(C)(C)CN(C)C)o1)N(C=O)C1CCCCC1. The van der Waals surface area contributed by atoms with Crippen LogP contribution in [0.4, 0.5) is 0 Å². The van der Waals surface area contributed by atoms with Crippen LogP contribution in [0.3, 0.4) is 0 Å². The normalized spacial score (nSPS) is 17.0. The van der Waals surface area contributed by atoms with Gasteiger partial charge in [-0.2, -0.15) is 0 Å². The Kier molecular flexibility index (Phi) is 8.70. The second-order valence-electron chi connectivity index (χ2n) is 9.33. The fourth-order valence-corrected chi connectivity index (χ4v) is 5.12. The molecule has 8 heteroatoms. The van der Waals surface area contributed by atoms with Crippen molar-refractivity contribution >= 4 is 24.0 Å². The van der Waals surface area contributed by atoms with E-state index in [0.717, 1.165) is 38.6 Å². The van der Waals surface area contributed by atoms with Crippen molar-refractivity contribution in [1.82, 2.24) is 20.0 Å². The molecule has 0 aliphatic heterocycles. The van der Waals surface area contributed by atoms with E-state index in [1.807, 2.05) is 14.1 Å². The lowest BCUT2D eigenvalue weighted by molar-refractivity contribution is -0.122. The largest absolute Gasteiger partial charge is 0.408 e. The van der Waals surface area contributed by atoms with Gasteiger partial charge in [0.1, 0.15) is 6.04 Å². The van der Waals surface area contributed by atoms with E-state index in [-0.39, 0.29) is 28.4 Å². The minimum absolute atomic E-state index is 0.00135. The van der Waals surface area contributed by atoms with Gasteiger partial charge in [0.2, 0.25) is 12.2 Å². The lowest BCUT2D eigenvalue weighted by atomic mass is 9.91. The van der Waals surface area contributed by atoms with E-state index in [9.17, 15) is 9.59 Å². The highest BCUT2D eigenvalue weighted by molar-refractivity contribution is 8.00. The molecule has 0 N–H and O–H groups in total. The summed E-state index contributed by atoms with van der Waals surface area (Å²) in [5.74, 6) is 0.0217. The highest BCUT2D eigenvalue weighted by Gasteiger charge is 2.35. The molecule has 2 rings (SSSR count). The van der Waals surface area contributed by atoms with Gasteiger partial charge in [-0.1, -0.05) is 44.9 Å². The van der Waals surface area contributed by atoms with Crippen LogP contribution in [0.1, 0.15) is 76.9 Å². The number of ketones is 1. The predicted octanol–water partition coefficient (Wildman–Crippen LogP) is 3.89. The molecule has 0 bridgehead atoms. The second kappa shape index (κ2) is 10.6. The van der Waals surface area contributed by atoms with Gasteiger partial charge in [0.25, 0.3) is 11.1 Å². The monoisotopic (exact) mass is 424 g/mol. The van der Waals surface area contributed by atoms with E-state index in [1.165, 1.54) is 18.2 Å². The molecule has 1 aromatic rings. The number of thioether (sulfide) groups is 1. The average Bonchev–Trinajstić information content (AvgIpc) is 3.08. The molecule has 1 aliphatic carbocycles. The smallest absolute Gasteiger partial charge is 0.286 e. The van der Waals surface area contributed by atoms with Crippen molar-refractivity contribution in [2.24, 2.45) is 5.92 Å². The Balaban J connectivity index is 2.18. The van der Waals surface area contributed by atoms with Crippen molar-refractivity contribution in [3.8, 4) is 0 Å². The molecule has 164 valence electrons. The Bertz CT molecular complexity index is 669. The molecule has 1 amide bonds. The van der Waals surface area contributed by atoms with E-state index in [1.54, 1.807) is 4.90 Å². The van der Waals surface area contributed by atoms with Crippen LogP contribution in [-0.4, -0.2) is 69.7 Å². The molecular weight excluding hydrogens is 388 g/mol. The zero-order valence-electron chi connectivity index (χ0n) is 18.7. The molecular formula is C21H36N4O3S. The minimum Gasteiger partial charge on any atom is -0.408 e. The first-order chi connectivity index (χ1) is 13.6. The molecule has 0 aromatic carbocycles. The third kappa shape index (κ3) is 7.10. The predicted molar refractivity (Wildman–Crippen MR) is 115 cm³/mol. The molecule has 1 heterocycles. The summed E-state index contributed by atoms with van der Waals surface area (Å²) >= 11 is 1.46. The van der Waals surface area contributed by atoms with Gasteiger partial charge < -0.3 is 14.2 Å². The fraction of sp³-hybridized carbons (Fsp3) is 0.810. The third-order valence-electron chi connectivity index (χ3n) is 5.15. The maximum absolute atomic E-state index is 13.3. The maximum atomic E-state index is 13.3. The molecule has 0 saturated heterocycles. The van der Waals surface area contributed by atoms with Crippen molar-refractivity contribution < 1.29 is 14.0 Å². The van der Waals surface area contributed by atoms with Crippen molar-refractivity contribution in [1.29, 1.82) is 0 Å². The van der Waals surface area contributed by atoms with Crippen molar-refractivity contribution in [3.63, 3.8) is 0 Å². The number of amides is 1. The average molecular weight is 425 g/mol. The number of hydrogen-bond donors (Lipinski definition) is 0. The van der Waals surface area contributed by atoms with Crippen molar-refractivity contribution in [3.05, 3.63) is 5.89 Å². The van der Waals surface area contributed by atoms with E-state index in [2.05, 4.69) is 42.8 Å². The van der Waals surface area contributed by atoms with Crippen molar-refractivity contribution in [2.45, 2.75) is 88.3 Å². The summed E-state index contributed by atoms with van der Waals surface area (Å²) < 4.78 is 5.60. The van der Waals surface area contributed by atoms with Crippen molar-refractivity contribution in [2.75, 3.05) is 20.6 Å². The number of aromatic nitrogens is 2. The highest BCUT2D eigenvalue weighted by Crippen LogP contribution is 2.32. The number of rotatable bonds is 11. The third-order valence-corrected chi connectivity index (χ3v) is 6.17. The quantitative estimate of drug-likeness (QED) is 0.303. The molecule has 7 nitrogen and oxygen atoms in total. The topological polar surface area (TPSA) is 79.5 Å². The summed E-state index contributed by atoms with van der Waals surface area (Å²) in [6.45, 7) is 9.15. The van der Waals surface area contributed by atoms with Gasteiger partial charge in [-0.3, -0.25) is 9.59 Å². The highest BCUT2D eigenvalue weighted by atomic mass is 32.2. The van der Waals surface area contributed by atoms with Crippen LogP contribution >= 0.6 is 11.8 Å². The fourth-order valence-electron chi connectivity index (χ4n) is 4.13. The molecule has 29 heavy (non-hydrogen) atoms. The number of Topliss-reactive ketones (excluding diaryl/α,β-unsaturated/α-hetero) is 1. The summed E-state index contributed by atoms with van der Waals surface area (Å²) in [4.78, 5) is 29.0. The minimum atomic E-state index is -0.552. The number of hydrogen-bond acceptors (Lipinski definition) is 7. The zero-order valence-corrected chi connectivity index (χ0v) is 19.5. The summed E-state index contributed by atoms with van der Waals surface area (Å²) in [5, 5.41) is 8.50. The first-order valence-electron chi connectivity index (χ1n) is 10.6. The van der Waals surface area contributed by atoms with Crippen LogP contribution in [-0.2, 0) is 4.79 Å². The van der Waals surface area contributed by atoms with Gasteiger partial charge in [-0.05, 0) is 53.1 Å². The lowest BCUT2D eigenvalue weighted by Gasteiger charge is -2.36. The summed E-state index contributed by atoms with van der Waals surface area (Å²) in [6.07, 6.45) is 6.71. The second-order valence-corrected chi connectivity index (χ2v) is 11.0. The van der Waals surface area contributed by atoms with Crippen LogP contribution in [0.2, 0.25) is 0 Å². The van der Waals surface area contributed by atoms with Gasteiger partial charge >= 0.3 is 0 Å². The molecule has 0 spiro atoms. The standard InChI is InChI=1S/C21H36N4O3S/c1-15(2)12-17(25(14-26)16-10-8-7-9-11-16)18(27)19-22-23-20(28-19)29-21(3,4)13-24(5)6/h14-17H,7-13H2,1-6H3. The molecule has 1 aromatic heterocycles. The van der Waals surface area contributed by atoms with E-state index < -0.39 is 6.04 Å². The Hall–Kier alpha value is -1.41. The molecule has 1 unspecified atom stereocenters. The van der Waals surface area contributed by atoms with E-state index in [4.69, 9.17) is 4.42 Å². The van der Waals surface area contributed by atoms with Gasteiger partial charge in [0, 0.05) is 17.3 Å². The van der Waals surface area contributed by atoms with E-state index in [0.29, 0.717) is 11.6 Å². The Labute approximate surface area is 179 Å². The molecule has 0 radical (unpaired) electrons. The summed E-state index contributed by atoms with van der Waals surface area (Å²) in [7, 11) is 4.03. The van der Waals surface area contributed by atoms with Crippen LogP contribution in [0.25, 0.3) is 0 Å². The zero-order chi connectivity index (χ0) is 21.6. The number of carbonyl (C=O) groups excluding carboxylic acids is 2. The Morgan fingerprint density at radius 2 is 1.90 bits per heavy atom. The first-order valence-corrected chi connectivity index (χ1v) is 11.4. The van der Waals surface area contributed by atoms with Crippen LogP contribution in [0.5, 0.6) is 0 Å². The maximum Gasteiger partial charge on any atom is 0.286 e. The summed E-state index contributed by atoms with van der Waals surface area (Å²) in [6, 6.07) is -0.437. The first kappa shape index (κ1) is 23.9. The Morgan fingerprint density at radius 1 is 1.24 bits per heavy atom. The van der Waals surface area contributed by atoms with Crippen LogP contribution < -0.4 is 0 Å². The van der Waals surface area contributed by atoms with Gasteiger partial charge in [-0.25, -0.2) is 0 Å². The molecule has 1 fully saturated rings. The molecule has 1 atom stereocenters. The van der Waals surface area contributed by atoms with Gasteiger partial charge in [0.05, 0.1) is 0 Å². The number of nitrogens with zero attached hydrogens (tertiary/aromatic N) is 4. The number of carbonyl (C=O) groups is 2. The molecule has 1 aliphatic rings. The Morgan fingerprint density at radius 3 is 2.45 bits per heavy atom. The lowest BCUT2D eigenvalue weighted by Crippen LogP contribution is -2.48. The van der Waals surface area contributed by atoms with Crippen LogP contribution in [0, 0.1) is 5.92 Å². The van der Waals surface area contributed by atoms with Gasteiger partial charge in [-0.15, -0.1) is 10.2 Å². The van der Waals surface area contributed by atoms with Crippen LogP contribution in [0.15, 0.2) is 9.64 Å². The summed E-state index contributed by atoms with van der Waals surface area (Å²) in [5.41, 5.74) is 0.